The quantitative estimate of drug-likeness (QED) is 0.251. The lowest BCUT2D eigenvalue weighted by molar-refractivity contribution is 0.000952. The molecule has 2 bridgehead atoms. The summed E-state index contributed by atoms with van der Waals surface area (Å²) in [6.07, 6.45) is 2.66. The lowest BCUT2D eigenvalue weighted by atomic mass is 9.98. The molecular weight excluding hydrogens is 559 g/mol. The van der Waals surface area contributed by atoms with Crippen molar-refractivity contribution in [3.05, 3.63) is 46.5 Å². The summed E-state index contributed by atoms with van der Waals surface area (Å²) in [5, 5.41) is 2.11. The van der Waals surface area contributed by atoms with Crippen LogP contribution in [-0.4, -0.2) is 73.6 Å². The van der Waals surface area contributed by atoms with Crippen molar-refractivity contribution < 1.29 is 18.7 Å². The maximum Gasteiger partial charge on any atom is 0.410 e. The van der Waals surface area contributed by atoms with Gasteiger partial charge in [0.2, 0.25) is 11.4 Å². The molecule has 6 heterocycles. The van der Waals surface area contributed by atoms with E-state index in [4.69, 9.17) is 19.4 Å². The molecule has 1 N–H and O–H groups in total. The van der Waals surface area contributed by atoms with Gasteiger partial charge in [0.1, 0.15) is 34.1 Å². The van der Waals surface area contributed by atoms with Crippen LogP contribution in [0, 0.1) is 5.82 Å². The van der Waals surface area contributed by atoms with E-state index in [1.807, 2.05) is 57.0 Å². The molecule has 2 saturated heterocycles. The fraction of sp³-hybridized carbons (Fsp3) is 0.433. The number of nitrogens with one attached hydrogen (secondary N) is 1. The number of hydrogen-bond donors (Lipinski definition) is 1. The normalized spacial score (nSPS) is 23.1. The molecule has 3 aliphatic heterocycles. The van der Waals surface area contributed by atoms with Gasteiger partial charge in [-0.2, -0.15) is 0 Å². The molecule has 1 amide bonds. The van der Waals surface area contributed by atoms with Crippen LogP contribution in [0.2, 0.25) is 0 Å². The van der Waals surface area contributed by atoms with Gasteiger partial charge in [-0.3, -0.25) is 9.69 Å². The molecule has 3 aliphatic rings. The predicted octanol–water partition coefficient (Wildman–Crippen LogP) is 5.13. The van der Waals surface area contributed by atoms with Gasteiger partial charge in [-0.05, 0) is 52.2 Å². The number of anilines is 1. The number of benzene rings is 1. The molecule has 10 nitrogen and oxygen atoms in total. The Balaban J connectivity index is 1.42. The van der Waals surface area contributed by atoms with Crippen molar-refractivity contribution in [2.45, 2.75) is 75.5 Å². The zero-order valence-electron chi connectivity index (χ0n) is 24.0. The van der Waals surface area contributed by atoms with Crippen molar-refractivity contribution in [2.75, 3.05) is 17.7 Å². The molecule has 0 unspecified atom stereocenters. The number of H-pyrrole nitrogens is 1. The Kier molecular flexibility index (Phi) is 6.12. The first-order valence-electron chi connectivity index (χ1n) is 14.1. The predicted molar refractivity (Wildman–Crippen MR) is 159 cm³/mol. The van der Waals surface area contributed by atoms with Crippen LogP contribution in [0.3, 0.4) is 0 Å². The molecule has 4 aromatic rings. The summed E-state index contributed by atoms with van der Waals surface area (Å²) in [6, 6.07) is 8.18. The molecule has 0 spiro atoms. The molecule has 0 saturated carbocycles. The molecule has 0 aliphatic carbocycles. The van der Waals surface area contributed by atoms with Crippen molar-refractivity contribution in [1.82, 2.24) is 24.8 Å². The van der Waals surface area contributed by atoms with Crippen molar-refractivity contribution in [3.63, 3.8) is 0 Å². The average molecular weight is 591 g/mol. The van der Waals surface area contributed by atoms with Gasteiger partial charge in [0, 0.05) is 18.0 Å². The van der Waals surface area contributed by atoms with Crippen LogP contribution in [0.4, 0.5) is 15.0 Å². The summed E-state index contributed by atoms with van der Waals surface area (Å²) in [6.45, 7) is 8.01. The Morgan fingerprint density at radius 1 is 1.19 bits per heavy atom. The summed E-state index contributed by atoms with van der Waals surface area (Å²) in [4.78, 5) is 46.9. The molecule has 2 fully saturated rings. The molecule has 3 aromatic heterocycles. The second-order valence-electron chi connectivity index (χ2n) is 12.1. The van der Waals surface area contributed by atoms with Crippen LogP contribution in [-0.2, 0) is 4.74 Å². The van der Waals surface area contributed by atoms with Crippen LogP contribution in [0.15, 0.2) is 40.3 Å². The highest BCUT2D eigenvalue weighted by Crippen LogP contribution is 2.46. The van der Waals surface area contributed by atoms with Crippen molar-refractivity contribution in [2.24, 2.45) is 0 Å². The highest BCUT2D eigenvalue weighted by molar-refractivity contribution is 7.98. The van der Waals surface area contributed by atoms with Crippen molar-refractivity contribution in [3.8, 4) is 17.3 Å². The number of carbonyl (C=O) groups excluding carboxylic acids is 1. The lowest BCUT2D eigenvalue weighted by Crippen LogP contribution is -2.65. The number of ether oxygens (including phenoxy) is 2. The molecular formula is C30H31FN6O4S. The Hall–Kier alpha value is -3.93. The first-order valence-corrected chi connectivity index (χ1v) is 15.3. The molecule has 4 atom stereocenters. The Labute approximate surface area is 245 Å². The van der Waals surface area contributed by atoms with E-state index in [2.05, 4.69) is 14.9 Å². The number of pyridine rings is 2. The highest BCUT2D eigenvalue weighted by Gasteiger charge is 2.53. The van der Waals surface area contributed by atoms with Gasteiger partial charge in [0.05, 0.1) is 23.8 Å². The van der Waals surface area contributed by atoms with E-state index >= 15 is 4.39 Å². The Morgan fingerprint density at radius 3 is 2.74 bits per heavy atom. The van der Waals surface area contributed by atoms with E-state index in [0.29, 0.717) is 33.7 Å². The topological polar surface area (TPSA) is 114 Å². The number of aromatic amines is 1. The Bertz CT molecular complexity index is 1820. The van der Waals surface area contributed by atoms with E-state index in [9.17, 15) is 9.59 Å². The van der Waals surface area contributed by atoms with Gasteiger partial charge in [0.25, 0.3) is 0 Å². The van der Waals surface area contributed by atoms with Crippen LogP contribution in [0.1, 0.15) is 40.5 Å². The van der Waals surface area contributed by atoms with Gasteiger partial charge in [-0.1, -0.05) is 36.0 Å². The van der Waals surface area contributed by atoms with Gasteiger partial charge >= 0.3 is 6.09 Å². The third kappa shape index (κ3) is 4.18. The number of rotatable bonds is 2. The van der Waals surface area contributed by atoms with Gasteiger partial charge in [-0.15, -0.1) is 0 Å². The van der Waals surface area contributed by atoms with E-state index in [0.717, 1.165) is 12.8 Å². The minimum atomic E-state index is -0.662. The molecule has 7 rings (SSSR count). The number of hydrogen-bond acceptors (Lipinski definition) is 9. The summed E-state index contributed by atoms with van der Waals surface area (Å²) in [5.41, 5.74) is -0.705. The fourth-order valence-corrected chi connectivity index (χ4v) is 7.04. The van der Waals surface area contributed by atoms with E-state index in [1.54, 1.807) is 6.07 Å². The van der Waals surface area contributed by atoms with Crippen LogP contribution < -0.4 is 15.2 Å². The number of halogens is 1. The second kappa shape index (κ2) is 9.55. The van der Waals surface area contributed by atoms with E-state index < -0.39 is 17.5 Å². The zero-order chi connectivity index (χ0) is 29.5. The fourth-order valence-electron chi connectivity index (χ4n) is 6.68. The van der Waals surface area contributed by atoms with E-state index in [-0.39, 0.29) is 52.6 Å². The van der Waals surface area contributed by atoms with Crippen molar-refractivity contribution in [1.29, 1.82) is 0 Å². The van der Waals surface area contributed by atoms with Crippen LogP contribution in [0.25, 0.3) is 33.1 Å². The summed E-state index contributed by atoms with van der Waals surface area (Å²) < 4.78 is 28.9. The molecule has 0 radical (unpaired) electrons. The second-order valence-corrected chi connectivity index (χ2v) is 12.9. The zero-order valence-corrected chi connectivity index (χ0v) is 24.8. The number of nitrogens with zero attached hydrogens (tertiary/aromatic N) is 5. The summed E-state index contributed by atoms with van der Waals surface area (Å²) >= 11 is 1.32. The minimum Gasteiger partial charge on any atom is -0.472 e. The van der Waals surface area contributed by atoms with Crippen LogP contribution in [0.5, 0.6) is 5.88 Å². The molecule has 1 aromatic carbocycles. The molecule has 12 heteroatoms. The minimum absolute atomic E-state index is 0.0490. The number of carbonyl (C=O) groups is 1. The third-order valence-corrected chi connectivity index (χ3v) is 8.81. The lowest BCUT2D eigenvalue weighted by Gasteiger charge is -2.48. The van der Waals surface area contributed by atoms with Gasteiger partial charge in [0.15, 0.2) is 11.0 Å². The maximum absolute atomic E-state index is 16.6. The van der Waals surface area contributed by atoms with E-state index in [1.165, 1.54) is 17.8 Å². The third-order valence-electron chi connectivity index (χ3n) is 8.26. The smallest absolute Gasteiger partial charge is 0.410 e. The number of fused-ring (bicyclic) bond motifs is 6. The number of amides is 1. The largest absolute Gasteiger partial charge is 0.472 e. The summed E-state index contributed by atoms with van der Waals surface area (Å²) in [5.74, 6) is 0.0722. The number of piperazine rings is 1. The first-order chi connectivity index (χ1) is 20.0. The highest BCUT2D eigenvalue weighted by atomic mass is 32.2. The monoisotopic (exact) mass is 590 g/mol. The van der Waals surface area contributed by atoms with Gasteiger partial charge in [-0.25, -0.2) is 24.1 Å². The maximum atomic E-state index is 16.6. The SMILES string of the molecule is CSc1nc2c3c(nc(-c4[nH]c(=O)cc5ccccc45)c(F)c3n1)O[C@@H](C)[C@@H]1[C@@H]3CC[C@H](CN21)N3C(=O)OC(C)(C)C. The standard InChI is InChI=1S/C30H31FN6O4S/c1-14-25-18-11-10-16(37(18)29(39)41-30(2,3)4)13-36(25)26-20-23(34-28(35-26)42-5)21(31)24(33-27(20)40-14)22-17-9-7-6-8-15(17)12-19(38)32-22/h6-9,12,14,16,18,25H,10-11,13H2,1-5H3,(H,32,38)/t14-,16+,18-,25+/m0/s1. The van der Waals surface area contributed by atoms with Crippen LogP contribution >= 0.6 is 11.8 Å². The molecule has 42 heavy (non-hydrogen) atoms. The average Bonchev–Trinajstić information content (AvgIpc) is 3.19. The molecule has 218 valence electrons. The number of thioether (sulfide) groups is 1. The van der Waals surface area contributed by atoms with Gasteiger partial charge < -0.3 is 19.4 Å². The van der Waals surface area contributed by atoms with Crippen molar-refractivity contribution >= 4 is 45.3 Å². The Morgan fingerprint density at radius 2 is 1.98 bits per heavy atom. The number of aromatic nitrogens is 4. The summed E-state index contributed by atoms with van der Waals surface area (Å²) in [7, 11) is 0. The first kappa shape index (κ1) is 26.9.